The Morgan fingerprint density at radius 2 is 2.05 bits per heavy atom. The molecule has 1 aromatic heterocycles. The highest BCUT2D eigenvalue weighted by molar-refractivity contribution is 5.15. The van der Waals surface area contributed by atoms with Crippen LogP contribution < -0.4 is 0 Å². The number of ether oxygens (including phenoxy) is 1. The molecule has 1 N–H and O–H groups in total. The molecule has 2 aliphatic heterocycles. The van der Waals surface area contributed by atoms with E-state index in [0.717, 1.165) is 58.8 Å². The Hall–Kier alpha value is -0.950. The van der Waals surface area contributed by atoms with Crippen LogP contribution >= 0.6 is 0 Å². The van der Waals surface area contributed by atoms with Crippen molar-refractivity contribution in [2.45, 2.75) is 38.5 Å². The quantitative estimate of drug-likeness (QED) is 0.875. The zero-order valence-corrected chi connectivity index (χ0v) is 13.7. The van der Waals surface area contributed by atoms with E-state index in [1.807, 2.05) is 17.9 Å². The van der Waals surface area contributed by atoms with E-state index in [-0.39, 0.29) is 6.10 Å². The molecule has 0 spiro atoms. The van der Waals surface area contributed by atoms with Gasteiger partial charge in [0.15, 0.2) is 0 Å². The minimum absolute atomic E-state index is 0.279. The monoisotopic (exact) mass is 308 g/mol. The van der Waals surface area contributed by atoms with Crippen LogP contribution in [-0.4, -0.2) is 76.2 Å². The summed E-state index contributed by atoms with van der Waals surface area (Å²) in [5.41, 5.74) is 2.47. The van der Waals surface area contributed by atoms with Gasteiger partial charge in [0.05, 0.1) is 18.0 Å². The zero-order chi connectivity index (χ0) is 15.5. The Bertz CT molecular complexity index is 465. The number of aryl methyl sites for hydroxylation is 2. The fourth-order valence-corrected chi connectivity index (χ4v) is 3.62. The maximum Gasteiger partial charge on any atom is 0.0794 e. The van der Waals surface area contributed by atoms with Crippen LogP contribution in [0, 0.1) is 6.92 Å². The molecule has 3 heterocycles. The van der Waals surface area contributed by atoms with Gasteiger partial charge in [-0.25, -0.2) is 0 Å². The van der Waals surface area contributed by atoms with Crippen LogP contribution in [0.3, 0.4) is 0 Å². The average molecular weight is 308 g/mol. The fraction of sp³-hybridized carbons (Fsp3) is 0.812. The smallest absolute Gasteiger partial charge is 0.0794 e. The number of aromatic nitrogens is 2. The largest absolute Gasteiger partial charge is 0.390 e. The first-order chi connectivity index (χ1) is 10.6. The third-order valence-electron chi connectivity index (χ3n) is 4.97. The lowest BCUT2D eigenvalue weighted by molar-refractivity contribution is 0.0217. The van der Waals surface area contributed by atoms with Crippen LogP contribution in [-0.2, 0) is 18.3 Å². The molecule has 0 amide bonds. The standard InChI is InChI=1S/C16H28N4O2/c1-13-9-17-18(2)16(13)12-19-5-6-20(11-15(21)10-19)14-3-7-22-8-4-14/h9,14-15,21H,3-8,10-12H2,1-2H3/t15-/m1/s1. The number of hydrogen-bond donors (Lipinski definition) is 1. The highest BCUT2D eigenvalue weighted by Gasteiger charge is 2.28. The molecular weight excluding hydrogens is 280 g/mol. The molecule has 2 fully saturated rings. The molecule has 0 radical (unpaired) electrons. The molecule has 2 saturated heterocycles. The van der Waals surface area contributed by atoms with Crippen molar-refractivity contribution >= 4 is 0 Å². The van der Waals surface area contributed by atoms with E-state index in [2.05, 4.69) is 21.8 Å². The van der Waals surface area contributed by atoms with Crippen molar-refractivity contribution in [3.8, 4) is 0 Å². The van der Waals surface area contributed by atoms with E-state index in [1.54, 1.807) is 0 Å². The van der Waals surface area contributed by atoms with Crippen molar-refractivity contribution in [1.29, 1.82) is 0 Å². The summed E-state index contributed by atoms with van der Waals surface area (Å²) in [4.78, 5) is 4.82. The SMILES string of the molecule is Cc1cnn(C)c1CN1CCN(C2CCOCC2)C[C@H](O)C1. The van der Waals surface area contributed by atoms with Gasteiger partial charge in [0.25, 0.3) is 0 Å². The third kappa shape index (κ3) is 3.68. The van der Waals surface area contributed by atoms with Gasteiger partial charge in [0.2, 0.25) is 0 Å². The van der Waals surface area contributed by atoms with E-state index in [9.17, 15) is 5.11 Å². The summed E-state index contributed by atoms with van der Waals surface area (Å²) in [6, 6.07) is 0.571. The maximum absolute atomic E-state index is 10.4. The van der Waals surface area contributed by atoms with Gasteiger partial charge in [-0.15, -0.1) is 0 Å². The minimum Gasteiger partial charge on any atom is -0.390 e. The first-order valence-electron chi connectivity index (χ1n) is 8.33. The molecule has 6 heteroatoms. The Labute approximate surface area is 132 Å². The van der Waals surface area contributed by atoms with Gasteiger partial charge in [-0.1, -0.05) is 0 Å². The van der Waals surface area contributed by atoms with Crippen LogP contribution in [0.1, 0.15) is 24.1 Å². The van der Waals surface area contributed by atoms with Crippen molar-refractivity contribution in [3.05, 3.63) is 17.5 Å². The summed E-state index contributed by atoms with van der Waals surface area (Å²) in [7, 11) is 1.99. The zero-order valence-electron chi connectivity index (χ0n) is 13.7. The number of hydrogen-bond acceptors (Lipinski definition) is 5. The highest BCUT2D eigenvalue weighted by Crippen LogP contribution is 2.18. The lowest BCUT2D eigenvalue weighted by Gasteiger charge is -2.33. The molecule has 22 heavy (non-hydrogen) atoms. The van der Waals surface area contributed by atoms with Gasteiger partial charge in [-0.3, -0.25) is 14.5 Å². The molecule has 3 rings (SSSR count). The number of nitrogens with zero attached hydrogens (tertiary/aromatic N) is 4. The van der Waals surface area contributed by atoms with Crippen LogP contribution in [0.15, 0.2) is 6.20 Å². The van der Waals surface area contributed by atoms with Gasteiger partial charge < -0.3 is 9.84 Å². The molecule has 124 valence electrons. The molecule has 0 aliphatic carbocycles. The first-order valence-corrected chi connectivity index (χ1v) is 8.33. The molecule has 0 aromatic carbocycles. The first kappa shape index (κ1) is 15.9. The van der Waals surface area contributed by atoms with E-state index < -0.39 is 0 Å². The van der Waals surface area contributed by atoms with Crippen LogP contribution in [0.5, 0.6) is 0 Å². The van der Waals surface area contributed by atoms with E-state index >= 15 is 0 Å². The molecule has 1 atom stereocenters. The average Bonchev–Trinajstić information content (AvgIpc) is 2.73. The minimum atomic E-state index is -0.279. The molecule has 2 aliphatic rings. The van der Waals surface area contributed by atoms with Gasteiger partial charge >= 0.3 is 0 Å². The molecule has 1 aromatic rings. The summed E-state index contributed by atoms with van der Waals surface area (Å²) >= 11 is 0. The predicted molar refractivity (Wildman–Crippen MR) is 84.6 cm³/mol. The van der Waals surface area contributed by atoms with Crippen molar-refractivity contribution in [2.24, 2.45) is 7.05 Å². The van der Waals surface area contributed by atoms with Gasteiger partial charge in [-0.2, -0.15) is 5.10 Å². The summed E-state index contributed by atoms with van der Waals surface area (Å²) in [6.07, 6.45) is 3.82. The topological polar surface area (TPSA) is 53.8 Å². The lowest BCUT2D eigenvalue weighted by atomic mass is 10.1. The Kier molecular flexibility index (Phi) is 5.13. The predicted octanol–water partition coefficient (Wildman–Crippen LogP) is 0.386. The normalized spacial score (nSPS) is 26.2. The molecular formula is C16H28N4O2. The second-order valence-electron chi connectivity index (χ2n) is 6.63. The van der Waals surface area contributed by atoms with Crippen molar-refractivity contribution < 1.29 is 9.84 Å². The third-order valence-corrected chi connectivity index (χ3v) is 4.97. The van der Waals surface area contributed by atoms with Crippen LogP contribution in [0.25, 0.3) is 0 Å². The Balaban J connectivity index is 1.61. The van der Waals surface area contributed by atoms with Crippen molar-refractivity contribution in [2.75, 3.05) is 39.4 Å². The van der Waals surface area contributed by atoms with Crippen molar-refractivity contribution in [1.82, 2.24) is 19.6 Å². The van der Waals surface area contributed by atoms with E-state index in [0.29, 0.717) is 6.04 Å². The van der Waals surface area contributed by atoms with Gasteiger partial charge in [0, 0.05) is 59.0 Å². The molecule has 6 nitrogen and oxygen atoms in total. The Morgan fingerprint density at radius 1 is 1.27 bits per heavy atom. The van der Waals surface area contributed by atoms with Gasteiger partial charge in [-0.05, 0) is 25.3 Å². The molecule has 0 unspecified atom stereocenters. The van der Waals surface area contributed by atoms with E-state index in [1.165, 1.54) is 11.3 Å². The molecule has 0 bridgehead atoms. The molecule has 0 saturated carbocycles. The van der Waals surface area contributed by atoms with Crippen molar-refractivity contribution in [3.63, 3.8) is 0 Å². The van der Waals surface area contributed by atoms with Crippen LogP contribution in [0.2, 0.25) is 0 Å². The summed E-state index contributed by atoms with van der Waals surface area (Å²) in [6.45, 7) is 8.23. The van der Waals surface area contributed by atoms with Crippen LogP contribution in [0.4, 0.5) is 0 Å². The second kappa shape index (κ2) is 7.08. The summed E-state index contributed by atoms with van der Waals surface area (Å²) < 4.78 is 7.40. The second-order valence-corrected chi connectivity index (χ2v) is 6.63. The lowest BCUT2D eigenvalue weighted by Crippen LogP contribution is -2.43. The summed E-state index contributed by atoms with van der Waals surface area (Å²) in [5.74, 6) is 0. The number of aliphatic hydroxyl groups is 1. The van der Waals surface area contributed by atoms with E-state index in [4.69, 9.17) is 4.74 Å². The number of rotatable bonds is 3. The fourth-order valence-electron chi connectivity index (χ4n) is 3.62. The Morgan fingerprint density at radius 3 is 2.73 bits per heavy atom. The highest BCUT2D eigenvalue weighted by atomic mass is 16.5. The van der Waals surface area contributed by atoms with Gasteiger partial charge in [0.1, 0.15) is 0 Å². The number of β-amino-alcohol motifs (C(OH)–C–C–N with tert-alkyl or cyclic N) is 1. The number of aliphatic hydroxyl groups excluding tert-OH is 1. The maximum atomic E-state index is 10.4. The summed E-state index contributed by atoms with van der Waals surface area (Å²) in [5, 5.41) is 14.7.